The Bertz CT molecular complexity index is 588. The third kappa shape index (κ3) is 3.43. The summed E-state index contributed by atoms with van der Waals surface area (Å²) in [5.74, 6) is 0. The first-order valence-corrected chi connectivity index (χ1v) is 7.77. The van der Waals surface area contributed by atoms with E-state index in [1.54, 1.807) is 0 Å². The minimum Gasteiger partial charge on any atom is -0.378 e. The Morgan fingerprint density at radius 2 is 1.40 bits per heavy atom. The van der Waals surface area contributed by atoms with Crippen molar-refractivity contribution in [1.82, 2.24) is 0 Å². The van der Waals surface area contributed by atoms with Gasteiger partial charge in [0.05, 0.1) is 0 Å². The summed E-state index contributed by atoms with van der Waals surface area (Å²) in [5, 5.41) is 3.61. The quantitative estimate of drug-likeness (QED) is 0.743. The van der Waals surface area contributed by atoms with Gasteiger partial charge in [-0.05, 0) is 75.1 Å². The summed E-state index contributed by atoms with van der Waals surface area (Å²) >= 11 is 3.56. The second-order valence-electron chi connectivity index (χ2n) is 5.70. The molecule has 1 atom stereocenters. The van der Waals surface area contributed by atoms with Gasteiger partial charge in [0.1, 0.15) is 0 Å². The number of anilines is 1. The van der Waals surface area contributed by atoms with E-state index in [1.807, 2.05) is 0 Å². The van der Waals surface area contributed by atoms with Crippen molar-refractivity contribution >= 4 is 21.6 Å². The molecule has 0 saturated heterocycles. The summed E-state index contributed by atoms with van der Waals surface area (Å²) in [4.78, 5) is 0. The van der Waals surface area contributed by atoms with Gasteiger partial charge in [0.2, 0.25) is 0 Å². The summed E-state index contributed by atoms with van der Waals surface area (Å²) in [5.41, 5.74) is 7.85. The molecule has 2 rings (SSSR count). The average molecular weight is 332 g/mol. The molecule has 2 aromatic rings. The molecule has 106 valence electrons. The van der Waals surface area contributed by atoms with Crippen molar-refractivity contribution in [2.75, 3.05) is 5.32 Å². The first-order chi connectivity index (χ1) is 9.36. The van der Waals surface area contributed by atoms with Gasteiger partial charge in [0.15, 0.2) is 0 Å². The molecule has 0 aliphatic carbocycles. The Kier molecular flexibility index (Phi) is 4.54. The third-order valence-electron chi connectivity index (χ3n) is 3.60. The molecule has 0 aliphatic rings. The van der Waals surface area contributed by atoms with Crippen molar-refractivity contribution in [1.29, 1.82) is 0 Å². The van der Waals surface area contributed by atoms with Gasteiger partial charge in [0.25, 0.3) is 0 Å². The molecule has 0 saturated carbocycles. The molecule has 0 radical (unpaired) electrons. The topological polar surface area (TPSA) is 12.0 Å². The van der Waals surface area contributed by atoms with Crippen LogP contribution >= 0.6 is 15.9 Å². The molecule has 0 spiro atoms. The van der Waals surface area contributed by atoms with Gasteiger partial charge in [-0.2, -0.15) is 0 Å². The predicted octanol–water partition coefficient (Wildman–Crippen LogP) is 5.86. The van der Waals surface area contributed by atoms with Gasteiger partial charge in [-0.3, -0.25) is 0 Å². The second-order valence-corrected chi connectivity index (χ2v) is 6.61. The van der Waals surface area contributed by atoms with Crippen LogP contribution in [0.1, 0.15) is 40.8 Å². The van der Waals surface area contributed by atoms with E-state index in [2.05, 4.69) is 86.2 Å². The summed E-state index contributed by atoms with van der Waals surface area (Å²) in [7, 11) is 0. The summed E-state index contributed by atoms with van der Waals surface area (Å²) in [6, 6.07) is 11.2. The number of nitrogens with one attached hydrogen (secondary N) is 1. The molecular formula is C18H22BrN. The molecule has 1 nitrogen and oxygen atoms in total. The SMILES string of the molecule is Cc1cc(Br)cc(NC(C)c2c(C)cc(C)cc2C)c1. The van der Waals surface area contributed by atoms with Gasteiger partial charge >= 0.3 is 0 Å². The minimum absolute atomic E-state index is 0.296. The lowest BCUT2D eigenvalue weighted by Crippen LogP contribution is -2.10. The van der Waals surface area contributed by atoms with Crippen LogP contribution in [0.3, 0.4) is 0 Å². The highest BCUT2D eigenvalue weighted by Crippen LogP contribution is 2.28. The van der Waals surface area contributed by atoms with Crippen molar-refractivity contribution in [3.63, 3.8) is 0 Å². The van der Waals surface area contributed by atoms with Crippen LogP contribution in [0.2, 0.25) is 0 Å². The Morgan fingerprint density at radius 3 is 1.95 bits per heavy atom. The Labute approximate surface area is 130 Å². The van der Waals surface area contributed by atoms with Crippen LogP contribution in [-0.4, -0.2) is 0 Å². The molecule has 0 aliphatic heterocycles. The van der Waals surface area contributed by atoms with Crippen molar-refractivity contribution in [2.45, 2.75) is 40.7 Å². The molecule has 0 fully saturated rings. The predicted molar refractivity (Wildman–Crippen MR) is 91.6 cm³/mol. The first kappa shape index (κ1) is 15.1. The highest BCUT2D eigenvalue weighted by molar-refractivity contribution is 9.10. The molecule has 0 amide bonds. The molecule has 2 heteroatoms. The van der Waals surface area contributed by atoms with Gasteiger partial charge in [0, 0.05) is 16.2 Å². The monoisotopic (exact) mass is 331 g/mol. The van der Waals surface area contributed by atoms with Gasteiger partial charge < -0.3 is 5.32 Å². The maximum atomic E-state index is 3.61. The average Bonchev–Trinajstić information content (AvgIpc) is 2.25. The lowest BCUT2D eigenvalue weighted by molar-refractivity contribution is 0.861. The van der Waals surface area contributed by atoms with Crippen molar-refractivity contribution in [3.05, 3.63) is 62.6 Å². The largest absolute Gasteiger partial charge is 0.378 e. The summed E-state index contributed by atoms with van der Waals surface area (Å²) in [6.07, 6.45) is 0. The molecule has 0 bridgehead atoms. The van der Waals surface area contributed by atoms with E-state index in [0.29, 0.717) is 6.04 Å². The van der Waals surface area contributed by atoms with Gasteiger partial charge in [-0.1, -0.05) is 33.6 Å². The highest BCUT2D eigenvalue weighted by atomic mass is 79.9. The number of benzene rings is 2. The summed E-state index contributed by atoms with van der Waals surface area (Å²) in [6.45, 7) is 10.9. The van der Waals surface area contributed by atoms with Crippen LogP contribution in [0, 0.1) is 27.7 Å². The zero-order chi connectivity index (χ0) is 14.9. The fourth-order valence-corrected chi connectivity index (χ4v) is 3.62. The van der Waals surface area contributed by atoms with Crippen molar-refractivity contribution in [2.24, 2.45) is 0 Å². The van der Waals surface area contributed by atoms with E-state index in [4.69, 9.17) is 0 Å². The lowest BCUT2D eigenvalue weighted by Gasteiger charge is -2.21. The normalized spacial score (nSPS) is 12.3. The van der Waals surface area contributed by atoms with Gasteiger partial charge in [-0.25, -0.2) is 0 Å². The standard InChI is InChI=1S/C18H22BrN/c1-11-6-13(3)18(14(4)7-11)15(5)20-17-9-12(2)8-16(19)10-17/h6-10,15,20H,1-5H3. The zero-order valence-electron chi connectivity index (χ0n) is 12.8. The number of rotatable bonds is 3. The molecular weight excluding hydrogens is 310 g/mol. The Hall–Kier alpha value is -1.28. The minimum atomic E-state index is 0.296. The molecule has 1 N–H and O–H groups in total. The van der Waals surface area contributed by atoms with Crippen LogP contribution in [0.25, 0.3) is 0 Å². The van der Waals surface area contributed by atoms with Crippen LogP contribution in [0.15, 0.2) is 34.8 Å². The van der Waals surface area contributed by atoms with E-state index < -0.39 is 0 Å². The molecule has 1 unspecified atom stereocenters. The maximum Gasteiger partial charge on any atom is 0.0490 e. The maximum absolute atomic E-state index is 3.61. The van der Waals surface area contributed by atoms with E-state index >= 15 is 0 Å². The molecule has 2 aromatic carbocycles. The number of hydrogen-bond acceptors (Lipinski definition) is 1. The van der Waals surface area contributed by atoms with E-state index in [0.717, 1.165) is 10.2 Å². The second kappa shape index (κ2) is 6.01. The number of hydrogen-bond donors (Lipinski definition) is 1. The fourth-order valence-electron chi connectivity index (χ4n) is 3.02. The van der Waals surface area contributed by atoms with E-state index in [1.165, 1.54) is 27.8 Å². The van der Waals surface area contributed by atoms with Crippen molar-refractivity contribution < 1.29 is 0 Å². The van der Waals surface area contributed by atoms with Crippen LogP contribution in [0.5, 0.6) is 0 Å². The summed E-state index contributed by atoms with van der Waals surface area (Å²) < 4.78 is 1.12. The lowest BCUT2D eigenvalue weighted by atomic mass is 9.94. The van der Waals surface area contributed by atoms with Crippen molar-refractivity contribution in [3.8, 4) is 0 Å². The highest BCUT2D eigenvalue weighted by Gasteiger charge is 2.12. The van der Waals surface area contributed by atoms with Gasteiger partial charge in [-0.15, -0.1) is 0 Å². The number of halogens is 1. The first-order valence-electron chi connectivity index (χ1n) is 6.98. The fraction of sp³-hybridized carbons (Fsp3) is 0.333. The zero-order valence-corrected chi connectivity index (χ0v) is 14.4. The molecule has 0 heterocycles. The molecule has 0 aromatic heterocycles. The molecule has 20 heavy (non-hydrogen) atoms. The van der Waals surface area contributed by atoms with E-state index in [-0.39, 0.29) is 0 Å². The smallest absolute Gasteiger partial charge is 0.0490 e. The van der Waals surface area contributed by atoms with Crippen LogP contribution in [-0.2, 0) is 0 Å². The Morgan fingerprint density at radius 1 is 0.850 bits per heavy atom. The third-order valence-corrected chi connectivity index (χ3v) is 4.05. The number of aryl methyl sites for hydroxylation is 4. The Balaban J connectivity index is 2.30. The van der Waals surface area contributed by atoms with Crippen LogP contribution < -0.4 is 5.32 Å². The van der Waals surface area contributed by atoms with Crippen LogP contribution in [0.4, 0.5) is 5.69 Å². The van der Waals surface area contributed by atoms with E-state index in [9.17, 15) is 0 Å².